The van der Waals surface area contributed by atoms with Gasteiger partial charge in [-0.3, -0.25) is 4.79 Å². The molecule has 1 N–H and O–H groups in total. The maximum atomic E-state index is 11.3. The summed E-state index contributed by atoms with van der Waals surface area (Å²) in [6, 6.07) is 4.52. The fourth-order valence-corrected chi connectivity index (χ4v) is 4.59. The number of carbonyl (C=O) groups is 1. The molecule has 2 aromatic rings. The second-order valence-corrected chi connectivity index (χ2v) is 7.63. The number of aryl methyl sites for hydroxylation is 1. The van der Waals surface area contributed by atoms with Crippen molar-refractivity contribution in [3.8, 4) is 0 Å². The Morgan fingerprint density at radius 3 is 3.00 bits per heavy atom. The standard InChI is InChI=1S/C15H18N2O2S2/c1-9(2)17(8-10-4-3-7-20-10)15-16-13-11(14(18)19)5-6-12(13)21-15/h3-4,7,9,11H,5-6,8H2,1-2H3,(H,18,19). The zero-order valence-corrected chi connectivity index (χ0v) is 13.7. The minimum Gasteiger partial charge on any atom is -0.481 e. The third kappa shape index (κ3) is 2.82. The lowest BCUT2D eigenvalue weighted by atomic mass is 10.1. The highest BCUT2D eigenvalue weighted by Gasteiger charge is 2.33. The highest BCUT2D eigenvalue weighted by molar-refractivity contribution is 7.15. The number of aromatic nitrogens is 1. The van der Waals surface area contributed by atoms with Crippen LogP contribution in [0.2, 0.25) is 0 Å². The van der Waals surface area contributed by atoms with E-state index in [2.05, 4.69) is 41.2 Å². The van der Waals surface area contributed by atoms with E-state index in [9.17, 15) is 9.90 Å². The lowest BCUT2D eigenvalue weighted by Crippen LogP contribution is -2.29. The van der Waals surface area contributed by atoms with Gasteiger partial charge in [0.2, 0.25) is 0 Å². The number of hydrogen-bond acceptors (Lipinski definition) is 5. The van der Waals surface area contributed by atoms with Crippen LogP contribution in [-0.4, -0.2) is 22.1 Å². The first kappa shape index (κ1) is 14.5. The van der Waals surface area contributed by atoms with Gasteiger partial charge in [0.05, 0.1) is 12.2 Å². The predicted octanol–water partition coefficient (Wildman–Crippen LogP) is 3.73. The van der Waals surface area contributed by atoms with Crippen LogP contribution in [0.5, 0.6) is 0 Å². The molecule has 3 rings (SSSR count). The minimum atomic E-state index is -0.750. The minimum absolute atomic E-state index is 0.335. The highest BCUT2D eigenvalue weighted by atomic mass is 32.1. The average Bonchev–Trinajstić information content (AvgIpc) is 3.11. The van der Waals surface area contributed by atoms with E-state index in [0.29, 0.717) is 12.5 Å². The van der Waals surface area contributed by atoms with Gasteiger partial charge in [0.15, 0.2) is 5.13 Å². The Hall–Kier alpha value is -1.40. The molecule has 0 saturated carbocycles. The van der Waals surface area contributed by atoms with E-state index in [-0.39, 0.29) is 0 Å². The first-order chi connectivity index (χ1) is 10.1. The lowest BCUT2D eigenvalue weighted by molar-refractivity contribution is -0.138. The Morgan fingerprint density at radius 2 is 2.38 bits per heavy atom. The van der Waals surface area contributed by atoms with E-state index in [1.54, 1.807) is 22.7 Å². The average molecular weight is 322 g/mol. The SMILES string of the molecule is CC(C)N(Cc1cccs1)c1nc2c(s1)CCC2C(=O)O. The van der Waals surface area contributed by atoms with Crippen molar-refractivity contribution in [2.45, 2.75) is 45.2 Å². The van der Waals surface area contributed by atoms with Crippen LogP contribution in [0.25, 0.3) is 0 Å². The van der Waals surface area contributed by atoms with Crippen molar-refractivity contribution in [1.29, 1.82) is 0 Å². The maximum Gasteiger partial charge on any atom is 0.312 e. The summed E-state index contributed by atoms with van der Waals surface area (Å²) in [5, 5.41) is 12.3. The highest BCUT2D eigenvalue weighted by Crippen LogP contribution is 2.40. The summed E-state index contributed by atoms with van der Waals surface area (Å²) in [5.74, 6) is -1.17. The van der Waals surface area contributed by atoms with Crippen LogP contribution < -0.4 is 4.90 Å². The fourth-order valence-electron chi connectivity index (χ4n) is 2.62. The Morgan fingerprint density at radius 1 is 1.57 bits per heavy atom. The molecule has 0 spiro atoms. The second kappa shape index (κ2) is 5.77. The number of hydrogen-bond donors (Lipinski definition) is 1. The van der Waals surface area contributed by atoms with E-state index in [0.717, 1.165) is 28.7 Å². The molecule has 0 aromatic carbocycles. The van der Waals surface area contributed by atoms with E-state index < -0.39 is 11.9 Å². The fraction of sp³-hybridized carbons (Fsp3) is 0.467. The number of thiophene rings is 1. The van der Waals surface area contributed by atoms with Gasteiger partial charge in [0.25, 0.3) is 0 Å². The molecule has 2 aromatic heterocycles. The van der Waals surface area contributed by atoms with E-state index in [1.807, 2.05) is 0 Å². The molecule has 2 heterocycles. The van der Waals surface area contributed by atoms with E-state index in [1.165, 1.54) is 4.88 Å². The molecular weight excluding hydrogens is 304 g/mol. The number of fused-ring (bicyclic) bond motifs is 1. The van der Waals surface area contributed by atoms with Crippen LogP contribution in [0.3, 0.4) is 0 Å². The van der Waals surface area contributed by atoms with Crippen LogP contribution in [0, 0.1) is 0 Å². The first-order valence-electron chi connectivity index (χ1n) is 7.07. The van der Waals surface area contributed by atoms with Gasteiger partial charge in [-0.1, -0.05) is 6.07 Å². The molecule has 112 valence electrons. The predicted molar refractivity (Wildman–Crippen MR) is 86.4 cm³/mol. The smallest absolute Gasteiger partial charge is 0.312 e. The Kier molecular flexibility index (Phi) is 3.99. The van der Waals surface area contributed by atoms with Gasteiger partial charge in [-0.25, -0.2) is 4.98 Å². The molecule has 1 atom stereocenters. The first-order valence-corrected chi connectivity index (χ1v) is 8.77. The van der Waals surface area contributed by atoms with Crippen molar-refractivity contribution in [3.63, 3.8) is 0 Å². The number of anilines is 1. The Balaban J connectivity index is 1.88. The Bertz CT molecular complexity index is 634. The van der Waals surface area contributed by atoms with Crippen molar-refractivity contribution in [2.24, 2.45) is 0 Å². The van der Waals surface area contributed by atoms with Gasteiger partial charge in [0, 0.05) is 15.8 Å². The molecule has 0 saturated heterocycles. The number of aliphatic carboxylic acids is 1. The number of carboxylic acids is 1. The molecule has 4 nitrogen and oxygen atoms in total. The third-order valence-corrected chi connectivity index (χ3v) is 5.81. The summed E-state index contributed by atoms with van der Waals surface area (Å²) >= 11 is 3.40. The van der Waals surface area contributed by atoms with Gasteiger partial charge >= 0.3 is 5.97 Å². The molecule has 1 aliphatic carbocycles. The molecule has 0 amide bonds. The molecule has 1 aliphatic rings. The van der Waals surface area contributed by atoms with Gasteiger partial charge in [-0.15, -0.1) is 22.7 Å². The van der Waals surface area contributed by atoms with Crippen LogP contribution in [0.4, 0.5) is 5.13 Å². The summed E-state index contributed by atoms with van der Waals surface area (Å²) in [6.45, 7) is 5.13. The molecule has 1 unspecified atom stereocenters. The quantitative estimate of drug-likeness (QED) is 0.911. The van der Waals surface area contributed by atoms with Gasteiger partial charge < -0.3 is 10.0 Å². The van der Waals surface area contributed by atoms with Crippen molar-refractivity contribution in [3.05, 3.63) is 33.0 Å². The van der Waals surface area contributed by atoms with Gasteiger partial charge in [0.1, 0.15) is 5.92 Å². The number of rotatable bonds is 5. The summed E-state index contributed by atoms with van der Waals surface area (Å²) in [7, 11) is 0. The number of thiazole rings is 1. The monoisotopic (exact) mass is 322 g/mol. The van der Waals surface area contributed by atoms with Crippen LogP contribution in [0.1, 0.15) is 41.6 Å². The lowest BCUT2D eigenvalue weighted by Gasteiger charge is -2.25. The summed E-state index contributed by atoms with van der Waals surface area (Å²) < 4.78 is 0. The Labute approximate surface area is 132 Å². The van der Waals surface area contributed by atoms with Gasteiger partial charge in [-0.05, 0) is 38.1 Å². The molecular formula is C15H18N2O2S2. The number of carboxylic acid groups (broad SMARTS) is 1. The van der Waals surface area contributed by atoms with Crippen LogP contribution in [-0.2, 0) is 17.8 Å². The van der Waals surface area contributed by atoms with E-state index >= 15 is 0 Å². The summed E-state index contributed by atoms with van der Waals surface area (Å²) in [6.07, 6.45) is 1.53. The maximum absolute atomic E-state index is 11.3. The largest absolute Gasteiger partial charge is 0.481 e. The van der Waals surface area contributed by atoms with Crippen molar-refractivity contribution >= 4 is 33.8 Å². The van der Waals surface area contributed by atoms with Crippen molar-refractivity contribution in [2.75, 3.05) is 4.90 Å². The summed E-state index contributed by atoms with van der Waals surface area (Å²) in [5.41, 5.74) is 0.791. The van der Waals surface area contributed by atoms with E-state index in [4.69, 9.17) is 0 Å². The third-order valence-electron chi connectivity index (χ3n) is 3.78. The van der Waals surface area contributed by atoms with Crippen LogP contribution >= 0.6 is 22.7 Å². The zero-order valence-electron chi connectivity index (χ0n) is 12.1. The molecule has 21 heavy (non-hydrogen) atoms. The van der Waals surface area contributed by atoms with Crippen molar-refractivity contribution < 1.29 is 9.90 Å². The molecule has 0 aliphatic heterocycles. The zero-order chi connectivity index (χ0) is 15.0. The van der Waals surface area contributed by atoms with Crippen LogP contribution in [0.15, 0.2) is 17.5 Å². The normalized spacial score (nSPS) is 17.2. The second-order valence-electron chi connectivity index (χ2n) is 5.54. The number of nitrogens with zero attached hydrogens (tertiary/aromatic N) is 2. The molecule has 6 heteroatoms. The molecule has 0 fully saturated rings. The topological polar surface area (TPSA) is 53.4 Å². The molecule has 0 radical (unpaired) electrons. The summed E-state index contributed by atoms with van der Waals surface area (Å²) in [4.78, 5) is 20.7. The molecule has 0 bridgehead atoms. The van der Waals surface area contributed by atoms with Crippen molar-refractivity contribution in [1.82, 2.24) is 4.98 Å². The van der Waals surface area contributed by atoms with Gasteiger partial charge in [-0.2, -0.15) is 0 Å².